The Morgan fingerprint density at radius 2 is 1.95 bits per heavy atom. The Balaban J connectivity index is 1.93. The average molecular weight is 319 g/mol. The van der Waals surface area contributed by atoms with Crippen LogP contribution in [-0.4, -0.2) is 29.7 Å². The fraction of sp³-hybridized carbons (Fsp3) is 0.154. The van der Waals surface area contributed by atoms with E-state index in [9.17, 15) is 0 Å². The lowest BCUT2D eigenvalue weighted by Crippen LogP contribution is -2.04. The molecule has 0 unspecified atom stereocenters. The molecule has 0 atom stereocenters. The number of benzene rings is 1. The van der Waals surface area contributed by atoms with Crippen molar-refractivity contribution in [2.45, 2.75) is 23.9 Å². The van der Waals surface area contributed by atoms with E-state index < -0.39 is 0 Å². The highest BCUT2D eigenvalue weighted by Gasteiger charge is 2.09. The molecule has 0 bridgehead atoms. The first-order chi connectivity index (χ1) is 10.1. The molecule has 0 aliphatic carbocycles. The lowest BCUT2D eigenvalue weighted by atomic mass is 10.1. The van der Waals surface area contributed by atoms with Gasteiger partial charge in [0, 0.05) is 4.90 Å². The molecule has 8 heteroatoms. The molecule has 0 radical (unpaired) electrons. The van der Waals surface area contributed by atoms with Crippen LogP contribution in [0.2, 0.25) is 5.28 Å². The van der Waals surface area contributed by atoms with Crippen molar-refractivity contribution in [2.75, 3.05) is 0 Å². The Bertz CT molecular complexity index is 774. The molecule has 0 fully saturated rings. The first kappa shape index (κ1) is 14.0. The predicted molar refractivity (Wildman–Crippen MR) is 79.8 cm³/mol. The second-order valence-corrected chi connectivity index (χ2v) is 5.75. The Morgan fingerprint density at radius 1 is 1.10 bits per heavy atom. The number of nitrogens with zero attached hydrogens (tertiary/aromatic N) is 6. The molecule has 0 aliphatic heterocycles. The topological polar surface area (TPSA) is 69.4 Å². The predicted octanol–water partition coefficient (Wildman–Crippen LogP) is 2.87. The summed E-state index contributed by atoms with van der Waals surface area (Å²) in [6, 6.07) is 6.19. The van der Waals surface area contributed by atoms with Gasteiger partial charge in [-0.1, -0.05) is 6.07 Å². The molecule has 0 saturated carbocycles. The van der Waals surface area contributed by atoms with Gasteiger partial charge < -0.3 is 0 Å². The van der Waals surface area contributed by atoms with Gasteiger partial charge in [-0.2, -0.15) is 24.7 Å². The van der Waals surface area contributed by atoms with E-state index >= 15 is 0 Å². The van der Waals surface area contributed by atoms with Crippen molar-refractivity contribution in [3.63, 3.8) is 0 Å². The maximum absolute atomic E-state index is 5.95. The first-order valence-corrected chi connectivity index (χ1v) is 7.33. The van der Waals surface area contributed by atoms with Crippen LogP contribution in [0.4, 0.5) is 0 Å². The van der Waals surface area contributed by atoms with Gasteiger partial charge in [-0.25, -0.2) is 4.98 Å². The van der Waals surface area contributed by atoms with Crippen molar-refractivity contribution >= 4 is 23.4 Å². The summed E-state index contributed by atoms with van der Waals surface area (Å²) in [6.07, 6.45) is 2.92. The fourth-order valence-corrected chi connectivity index (χ4v) is 2.71. The first-order valence-electron chi connectivity index (χ1n) is 6.13. The second kappa shape index (κ2) is 5.79. The Morgan fingerprint density at radius 3 is 2.67 bits per heavy atom. The lowest BCUT2D eigenvalue weighted by Gasteiger charge is -2.05. The molecule has 2 heterocycles. The molecular weight excluding hydrogens is 308 g/mol. The van der Waals surface area contributed by atoms with E-state index in [2.05, 4.69) is 51.0 Å². The normalized spacial score (nSPS) is 10.8. The van der Waals surface area contributed by atoms with Crippen molar-refractivity contribution in [2.24, 2.45) is 0 Å². The fourth-order valence-electron chi connectivity index (χ4n) is 1.66. The zero-order valence-electron chi connectivity index (χ0n) is 11.4. The van der Waals surface area contributed by atoms with Gasteiger partial charge in [-0.05, 0) is 60.5 Å². The Kier molecular flexibility index (Phi) is 3.85. The monoisotopic (exact) mass is 318 g/mol. The maximum atomic E-state index is 5.95. The zero-order chi connectivity index (χ0) is 14.8. The SMILES string of the molecule is Cc1ccc(Sc2nc(Cl)nc(-n3cncn3)n2)cc1C. The molecule has 3 rings (SSSR count). The van der Waals surface area contributed by atoms with Gasteiger partial charge >= 0.3 is 0 Å². The number of hydrogen-bond donors (Lipinski definition) is 0. The van der Waals surface area contributed by atoms with Gasteiger partial charge in [0.1, 0.15) is 12.7 Å². The molecule has 0 amide bonds. The highest BCUT2D eigenvalue weighted by molar-refractivity contribution is 7.99. The van der Waals surface area contributed by atoms with Gasteiger partial charge in [-0.3, -0.25) is 0 Å². The maximum Gasteiger partial charge on any atom is 0.257 e. The minimum Gasteiger partial charge on any atom is -0.223 e. The number of hydrogen-bond acceptors (Lipinski definition) is 6. The Hall–Kier alpha value is -1.99. The molecule has 0 N–H and O–H groups in total. The summed E-state index contributed by atoms with van der Waals surface area (Å²) in [4.78, 5) is 17.4. The van der Waals surface area contributed by atoms with E-state index in [0.717, 1.165) is 4.90 Å². The summed E-state index contributed by atoms with van der Waals surface area (Å²) >= 11 is 7.38. The van der Waals surface area contributed by atoms with Crippen LogP contribution >= 0.6 is 23.4 Å². The zero-order valence-corrected chi connectivity index (χ0v) is 12.9. The number of halogens is 1. The molecule has 6 nitrogen and oxygen atoms in total. The van der Waals surface area contributed by atoms with Crippen LogP contribution in [0.15, 0.2) is 40.9 Å². The summed E-state index contributed by atoms with van der Waals surface area (Å²) in [5, 5.41) is 4.63. The van der Waals surface area contributed by atoms with Gasteiger partial charge in [-0.15, -0.1) is 0 Å². The summed E-state index contributed by atoms with van der Waals surface area (Å²) in [5.41, 5.74) is 2.47. The minimum atomic E-state index is 0.127. The molecule has 0 aliphatic rings. The molecule has 0 saturated heterocycles. The smallest absolute Gasteiger partial charge is 0.223 e. The molecule has 2 aromatic heterocycles. The van der Waals surface area contributed by atoms with Crippen molar-refractivity contribution in [3.8, 4) is 5.95 Å². The number of aryl methyl sites for hydroxylation is 2. The third kappa shape index (κ3) is 3.20. The van der Waals surface area contributed by atoms with E-state index in [0.29, 0.717) is 11.1 Å². The van der Waals surface area contributed by atoms with Gasteiger partial charge in [0.2, 0.25) is 5.28 Å². The molecular formula is C13H11ClN6S. The standard InChI is InChI=1S/C13H11ClN6S/c1-8-3-4-10(5-9(8)2)21-13-18-11(14)17-12(19-13)20-7-15-6-16-20/h3-7H,1-2H3. The summed E-state index contributed by atoms with van der Waals surface area (Å²) in [5.74, 6) is 0.346. The Labute approximate surface area is 130 Å². The minimum absolute atomic E-state index is 0.127. The molecule has 0 spiro atoms. The van der Waals surface area contributed by atoms with E-state index in [-0.39, 0.29) is 5.28 Å². The number of aromatic nitrogens is 6. The second-order valence-electron chi connectivity index (χ2n) is 4.38. The lowest BCUT2D eigenvalue weighted by molar-refractivity contribution is 0.757. The van der Waals surface area contributed by atoms with Crippen molar-refractivity contribution in [1.82, 2.24) is 29.7 Å². The van der Waals surface area contributed by atoms with Crippen molar-refractivity contribution < 1.29 is 0 Å². The molecule has 3 aromatic rings. The highest BCUT2D eigenvalue weighted by atomic mass is 35.5. The van der Waals surface area contributed by atoms with E-state index in [1.165, 1.54) is 40.2 Å². The third-order valence-corrected chi connectivity index (χ3v) is 3.91. The number of rotatable bonds is 3. The van der Waals surface area contributed by atoms with Crippen LogP contribution in [0.1, 0.15) is 11.1 Å². The summed E-state index contributed by atoms with van der Waals surface area (Å²) in [7, 11) is 0. The highest BCUT2D eigenvalue weighted by Crippen LogP contribution is 2.27. The quantitative estimate of drug-likeness (QED) is 0.739. The summed E-state index contributed by atoms with van der Waals surface area (Å²) in [6.45, 7) is 4.15. The van der Waals surface area contributed by atoms with Crippen molar-refractivity contribution in [1.29, 1.82) is 0 Å². The van der Waals surface area contributed by atoms with Gasteiger partial charge in [0.05, 0.1) is 0 Å². The van der Waals surface area contributed by atoms with Crippen LogP contribution in [0.5, 0.6) is 0 Å². The van der Waals surface area contributed by atoms with E-state index in [4.69, 9.17) is 11.6 Å². The van der Waals surface area contributed by atoms with Crippen LogP contribution < -0.4 is 0 Å². The van der Waals surface area contributed by atoms with Crippen LogP contribution in [-0.2, 0) is 0 Å². The van der Waals surface area contributed by atoms with Crippen LogP contribution in [0.25, 0.3) is 5.95 Å². The molecule has 21 heavy (non-hydrogen) atoms. The van der Waals surface area contributed by atoms with Crippen molar-refractivity contribution in [3.05, 3.63) is 47.3 Å². The van der Waals surface area contributed by atoms with E-state index in [1.54, 1.807) is 0 Å². The average Bonchev–Trinajstić information content (AvgIpc) is 2.96. The molecule has 1 aromatic carbocycles. The molecule has 106 valence electrons. The summed E-state index contributed by atoms with van der Waals surface area (Å²) < 4.78 is 1.44. The van der Waals surface area contributed by atoms with Crippen LogP contribution in [0, 0.1) is 13.8 Å². The van der Waals surface area contributed by atoms with Gasteiger partial charge in [0.15, 0.2) is 5.16 Å². The van der Waals surface area contributed by atoms with Crippen LogP contribution in [0.3, 0.4) is 0 Å². The largest absolute Gasteiger partial charge is 0.257 e. The van der Waals surface area contributed by atoms with E-state index in [1.807, 2.05) is 6.07 Å². The van der Waals surface area contributed by atoms with Gasteiger partial charge in [0.25, 0.3) is 5.95 Å². The third-order valence-electron chi connectivity index (χ3n) is 2.89.